The van der Waals surface area contributed by atoms with Crippen LogP contribution in [0.1, 0.15) is 26.7 Å². The van der Waals surface area contributed by atoms with Crippen LogP contribution in [0.2, 0.25) is 0 Å². The largest absolute Gasteiger partial charge is 0.462 e. The van der Waals surface area contributed by atoms with Crippen molar-refractivity contribution >= 4 is 5.97 Å². The molecule has 1 saturated carbocycles. The Balaban J connectivity index is 2.79. The lowest BCUT2D eigenvalue weighted by Gasteiger charge is -2.51. The maximum Gasteiger partial charge on any atom is 0.318 e. The standard InChI is InChI=1S/C11H18F2O4/c1-7(2)17-9(14)10(8(12)13)5-11(6-10,15-3)16-4/h7-8H,5-6H2,1-4H3. The summed E-state index contributed by atoms with van der Waals surface area (Å²) in [4.78, 5) is 11.7. The molecule has 1 fully saturated rings. The lowest BCUT2D eigenvalue weighted by Crippen LogP contribution is -2.61. The van der Waals surface area contributed by atoms with Crippen molar-refractivity contribution in [1.29, 1.82) is 0 Å². The molecule has 0 unspecified atom stereocenters. The number of hydrogen-bond acceptors (Lipinski definition) is 4. The Kier molecular flexibility index (Phi) is 4.09. The van der Waals surface area contributed by atoms with Gasteiger partial charge in [-0.15, -0.1) is 0 Å². The Morgan fingerprint density at radius 1 is 1.18 bits per heavy atom. The summed E-state index contributed by atoms with van der Waals surface area (Å²) in [6, 6.07) is 0. The number of rotatable bonds is 5. The Labute approximate surface area is 99.2 Å². The number of methoxy groups -OCH3 is 2. The quantitative estimate of drug-likeness (QED) is 0.554. The van der Waals surface area contributed by atoms with Crippen molar-refractivity contribution in [3.8, 4) is 0 Å². The molecule has 0 aliphatic heterocycles. The van der Waals surface area contributed by atoms with E-state index in [4.69, 9.17) is 14.2 Å². The maximum atomic E-state index is 13.0. The molecule has 100 valence electrons. The molecule has 0 radical (unpaired) electrons. The molecule has 1 aliphatic carbocycles. The van der Waals surface area contributed by atoms with Crippen molar-refractivity contribution in [2.75, 3.05) is 14.2 Å². The maximum absolute atomic E-state index is 13.0. The number of carbonyl (C=O) groups is 1. The second kappa shape index (κ2) is 4.86. The van der Waals surface area contributed by atoms with Gasteiger partial charge in [0.2, 0.25) is 0 Å². The van der Waals surface area contributed by atoms with Crippen molar-refractivity contribution in [1.82, 2.24) is 0 Å². The summed E-state index contributed by atoms with van der Waals surface area (Å²) in [6.07, 6.45) is -3.57. The van der Waals surface area contributed by atoms with E-state index in [2.05, 4.69) is 0 Å². The van der Waals surface area contributed by atoms with E-state index >= 15 is 0 Å². The Morgan fingerprint density at radius 2 is 1.65 bits per heavy atom. The Morgan fingerprint density at radius 3 is 1.94 bits per heavy atom. The third-order valence-electron chi connectivity index (χ3n) is 3.08. The van der Waals surface area contributed by atoms with Crippen molar-refractivity contribution in [2.24, 2.45) is 5.41 Å². The summed E-state index contributed by atoms with van der Waals surface area (Å²) in [5.74, 6) is -1.97. The first-order chi connectivity index (χ1) is 7.82. The Bertz CT molecular complexity index is 279. The van der Waals surface area contributed by atoms with Crippen LogP contribution in [0, 0.1) is 5.41 Å². The molecule has 0 N–H and O–H groups in total. The van der Waals surface area contributed by atoms with Gasteiger partial charge in [-0.05, 0) is 13.8 Å². The molecular formula is C11H18F2O4. The molecule has 1 rings (SSSR count). The van der Waals surface area contributed by atoms with Crippen molar-refractivity contribution in [3.05, 3.63) is 0 Å². The zero-order valence-corrected chi connectivity index (χ0v) is 10.5. The molecule has 6 heteroatoms. The van der Waals surface area contributed by atoms with Gasteiger partial charge in [-0.25, -0.2) is 8.78 Å². The van der Waals surface area contributed by atoms with E-state index in [-0.39, 0.29) is 12.8 Å². The van der Waals surface area contributed by atoms with E-state index in [1.54, 1.807) is 13.8 Å². The van der Waals surface area contributed by atoms with Gasteiger partial charge in [0.1, 0.15) is 5.41 Å². The SMILES string of the molecule is COC1(OC)CC(C(=O)OC(C)C)(C(F)F)C1. The Hall–Kier alpha value is -0.750. The zero-order chi connectivity index (χ0) is 13.3. The van der Waals surface area contributed by atoms with Crippen LogP contribution in [0.15, 0.2) is 0 Å². The van der Waals surface area contributed by atoms with Gasteiger partial charge in [0.25, 0.3) is 6.43 Å². The lowest BCUT2D eigenvalue weighted by atomic mass is 9.64. The van der Waals surface area contributed by atoms with Gasteiger partial charge in [0, 0.05) is 27.1 Å². The summed E-state index contributed by atoms with van der Waals surface area (Å²) in [5.41, 5.74) is -1.80. The first kappa shape index (κ1) is 14.3. The fourth-order valence-corrected chi connectivity index (χ4v) is 2.00. The highest BCUT2D eigenvalue weighted by Crippen LogP contribution is 2.55. The normalized spacial score (nSPS) is 21.4. The number of hydrogen-bond donors (Lipinski definition) is 0. The monoisotopic (exact) mass is 252 g/mol. The molecule has 17 heavy (non-hydrogen) atoms. The van der Waals surface area contributed by atoms with Gasteiger partial charge in [-0.3, -0.25) is 4.79 Å². The van der Waals surface area contributed by atoms with Crippen LogP contribution >= 0.6 is 0 Å². The van der Waals surface area contributed by atoms with Crippen LogP contribution in [0.5, 0.6) is 0 Å². The third-order valence-corrected chi connectivity index (χ3v) is 3.08. The number of ether oxygens (including phenoxy) is 3. The first-order valence-electron chi connectivity index (χ1n) is 5.41. The second-order valence-electron chi connectivity index (χ2n) is 4.58. The third kappa shape index (κ3) is 2.42. The average molecular weight is 252 g/mol. The molecule has 0 aromatic heterocycles. The minimum Gasteiger partial charge on any atom is -0.462 e. The van der Waals surface area contributed by atoms with Gasteiger partial charge in [0.15, 0.2) is 5.79 Å². The van der Waals surface area contributed by atoms with Gasteiger partial charge in [-0.1, -0.05) is 0 Å². The predicted octanol–water partition coefficient (Wildman–Crippen LogP) is 1.97. The highest BCUT2D eigenvalue weighted by atomic mass is 19.3. The molecule has 0 spiro atoms. The molecule has 4 nitrogen and oxygen atoms in total. The van der Waals surface area contributed by atoms with Crippen LogP contribution in [0.25, 0.3) is 0 Å². The smallest absolute Gasteiger partial charge is 0.318 e. The first-order valence-corrected chi connectivity index (χ1v) is 5.41. The van der Waals surface area contributed by atoms with Crippen molar-refractivity contribution < 1.29 is 27.8 Å². The molecular weight excluding hydrogens is 234 g/mol. The van der Waals surface area contributed by atoms with Crippen LogP contribution < -0.4 is 0 Å². The van der Waals surface area contributed by atoms with Gasteiger partial charge < -0.3 is 14.2 Å². The van der Waals surface area contributed by atoms with Crippen LogP contribution in [-0.2, 0) is 19.0 Å². The number of alkyl halides is 2. The van der Waals surface area contributed by atoms with E-state index in [0.29, 0.717) is 0 Å². The molecule has 0 atom stereocenters. The zero-order valence-electron chi connectivity index (χ0n) is 10.5. The molecule has 0 amide bonds. The van der Waals surface area contributed by atoms with E-state index in [9.17, 15) is 13.6 Å². The average Bonchev–Trinajstić information content (AvgIpc) is 2.16. The highest BCUT2D eigenvalue weighted by Gasteiger charge is 2.66. The molecule has 0 aromatic carbocycles. The second-order valence-corrected chi connectivity index (χ2v) is 4.58. The van der Waals surface area contributed by atoms with Gasteiger partial charge in [0.05, 0.1) is 6.10 Å². The summed E-state index contributed by atoms with van der Waals surface area (Å²) in [5, 5.41) is 0. The minimum absolute atomic E-state index is 0.184. The van der Waals surface area contributed by atoms with Gasteiger partial charge >= 0.3 is 5.97 Å². The molecule has 0 bridgehead atoms. The molecule has 1 aliphatic rings. The fraction of sp³-hybridized carbons (Fsp3) is 0.909. The number of halogens is 2. The lowest BCUT2D eigenvalue weighted by molar-refractivity contribution is -0.314. The number of esters is 1. The summed E-state index contributed by atoms with van der Waals surface area (Å²) in [6.45, 7) is 3.24. The molecule has 0 saturated heterocycles. The highest BCUT2D eigenvalue weighted by molar-refractivity contribution is 5.79. The van der Waals surface area contributed by atoms with Crippen molar-refractivity contribution in [2.45, 2.75) is 45.0 Å². The topological polar surface area (TPSA) is 44.8 Å². The fourth-order valence-electron chi connectivity index (χ4n) is 2.00. The predicted molar refractivity (Wildman–Crippen MR) is 55.6 cm³/mol. The summed E-state index contributed by atoms with van der Waals surface area (Å²) in [7, 11) is 2.74. The number of carbonyl (C=O) groups excluding carboxylic acids is 1. The van der Waals surface area contributed by atoms with Crippen molar-refractivity contribution in [3.63, 3.8) is 0 Å². The van der Waals surface area contributed by atoms with Crippen LogP contribution in [0.3, 0.4) is 0 Å². The summed E-state index contributed by atoms with van der Waals surface area (Å²) >= 11 is 0. The van der Waals surface area contributed by atoms with E-state index in [1.165, 1.54) is 14.2 Å². The van der Waals surface area contributed by atoms with Crippen LogP contribution in [-0.4, -0.2) is 38.5 Å². The minimum atomic E-state index is -2.79. The molecule has 0 heterocycles. The summed E-state index contributed by atoms with van der Waals surface area (Å²) < 4.78 is 41.0. The van der Waals surface area contributed by atoms with E-state index in [1.807, 2.05) is 0 Å². The van der Waals surface area contributed by atoms with E-state index in [0.717, 1.165) is 0 Å². The molecule has 0 aromatic rings. The van der Waals surface area contributed by atoms with Crippen LogP contribution in [0.4, 0.5) is 8.78 Å². The van der Waals surface area contributed by atoms with E-state index < -0.39 is 29.7 Å². The van der Waals surface area contributed by atoms with Gasteiger partial charge in [-0.2, -0.15) is 0 Å².